The smallest absolute Gasteiger partial charge is 0.240 e. The standard InChI is InChI=1S/C10H11FN2O3S/c1-7(6-14)13-17(15,16)9-2-3-10(11)8(4-9)5-12/h2-4,7,13-14H,6H2,1H3/t7-/m0/s1. The number of hydrogen-bond donors (Lipinski definition) is 2. The SMILES string of the molecule is C[C@@H](CO)NS(=O)(=O)c1ccc(F)c(C#N)c1. The molecule has 0 aliphatic heterocycles. The van der Waals surface area contributed by atoms with Crippen molar-refractivity contribution >= 4 is 10.0 Å². The van der Waals surface area contributed by atoms with Crippen LogP contribution in [0.4, 0.5) is 4.39 Å². The molecule has 5 nitrogen and oxygen atoms in total. The molecule has 2 N–H and O–H groups in total. The summed E-state index contributed by atoms with van der Waals surface area (Å²) in [5, 5.41) is 17.3. The van der Waals surface area contributed by atoms with Gasteiger partial charge in [-0.15, -0.1) is 0 Å². The Kier molecular flexibility index (Phi) is 4.17. The van der Waals surface area contributed by atoms with Gasteiger partial charge in [-0.25, -0.2) is 17.5 Å². The Bertz CT molecular complexity index is 551. The molecule has 0 radical (unpaired) electrons. The predicted molar refractivity (Wildman–Crippen MR) is 58.0 cm³/mol. The molecule has 0 saturated carbocycles. The average molecular weight is 258 g/mol. The number of aliphatic hydroxyl groups is 1. The molecular weight excluding hydrogens is 247 g/mol. The molecule has 0 aliphatic rings. The van der Waals surface area contributed by atoms with Crippen molar-refractivity contribution in [3.05, 3.63) is 29.6 Å². The van der Waals surface area contributed by atoms with E-state index in [1.807, 2.05) is 0 Å². The molecule has 92 valence electrons. The summed E-state index contributed by atoms with van der Waals surface area (Å²) in [4.78, 5) is -0.212. The summed E-state index contributed by atoms with van der Waals surface area (Å²) in [6.45, 7) is 1.12. The van der Waals surface area contributed by atoms with Gasteiger partial charge >= 0.3 is 0 Å². The van der Waals surface area contributed by atoms with Crippen LogP contribution in [0, 0.1) is 17.1 Å². The van der Waals surface area contributed by atoms with Crippen LogP contribution in [-0.4, -0.2) is 26.2 Å². The number of nitrogens with one attached hydrogen (secondary N) is 1. The summed E-state index contributed by atoms with van der Waals surface area (Å²) >= 11 is 0. The Labute approximate surface area is 98.6 Å². The summed E-state index contributed by atoms with van der Waals surface area (Å²) in [6.07, 6.45) is 0. The minimum atomic E-state index is -3.85. The van der Waals surface area contributed by atoms with Gasteiger partial charge in [0.15, 0.2) is 0 Å². The second-order valence-corrected chi connectivity index (χ2v) is 5.17. The largest absolute Gasteiger partial charge is 0.395 e. The highest BCUT2D eigenvalue weighted by Crippen LogP contribution is 2.14. The van der Waals surface area contributed by atoms with E-state index in [1.165, 1.54) is 6.92 Å². The van der Waals surface area contributed by atoms with Gasteiger partial charge in [-0.3, -0.25) is 0 Å². The molecule has 1 rings (SSSR count). The first-order valence-corrected chi connectivity index (χ1v) is 6.22. The van der Waals surface area contributed by atoms with Crippen LogP contribution in [0.2, 0.25) is 0 Å². The number of benzene rings is 1. The number of nitrogens with zero attached hydrogens (tertiary/aromatic N) is 1. The minimum Gasteiger partial charge on any atom is -0.395 e. The van der Waals surface area contributed by atoms with Gasteiger partial charge in [-0.1, -0.05) is 0 Å². The van der Waals surface area contributed by atoms with Crippen LogP contribution < -0.4 is 4.72 Å². The molecule has 1 atom stereocenters. The second kappa shape index (κ2) is 5.23. The highest BCUT2D eigenvalue weighted by atomic mass is 32.2. The van der Waals surface area contributed by atoms with Crippen molar-refractivity contribution in [2.75, 3.05) is 6.61 Å². The quantitative estimate of drug-likeness (QED) is 0.815. The number of hydrogen-bond acceptors (Lipinski definition) is 4. The average Bonchev–Trinajstić information content (AvgIpc) is 2.28. The fourth-order valence-corrected chi connectivity index (χ4v) is 2.39. The topological polar surface area (TPSA) is 90.2 Å². The number of rotatable bonds is 4. The third-order valence-electron chi connectivity index (χ3n) is 2.00. The monoisotopic (exact) mass is 258 g/mol. The lowest BCUT2D eigenvalue weighted by atomic mass is 10.2. The van der Waals surface area contributed by atoms with Crippen LogP contribution in [0.25, 0.3) is 0 Å². The first-order valence-electron chi connectivity index (χ1n) is 4.73. The zero-order chi connectivity index (χ0) is 13.1. The summed E-state index contributed by atoms with van der Waals surface area (Å²) in [5.41, 5.74) is -0.343. The van der Waals surface area contributed by atoms with Crippen molar-refractivity contribution in [3.8, 4) is 6.07 Å². The summed E-state index contributed by atoms with van der Waals surface area (Å²) in [6, 6.07) is 3.82. The van der Waals surface area contributed by atoms with Gasteiger partial charge in [-0.05, 0) is 25.1 Å². The van der Waals surface area contributed by atoms with Crippen LogP contribution in [0.1, 0.15) is 12.5 Å². The molecule has 0 spiro atoms. The molecule has 0 unspecified atom stereocenters. The zero-order valence-corrected chi connectivity index (χ0v) is 9.83. The van der Waals surface area contributed by atoms with Crippen molar-refractivity contribution in [2.24, 2.45) is 0 Å². The van der Waals surface area contributed by atoms with Gasteiger partial charge in [0.05, 0.1) is 17.1 Å². The Morgan fingerprint density at radius 3 is 2.76 bits per heavy atom. The van der Waals surface area contributed by atoms with E-state index in [0.717, 1.165) is 18.2 Å². The molecule has 0 amide bonds. The number of halogens is 1. The Morgan fingerprint density at radius 2 is 2.24 bits per heavy atom. The Hall–Kier alpha value is -1.49. The van der Waals surface area contributed by atoms with Gasteiger partial charge in [0.2, 0.25) is 10.0 Å². The molecule has 17 heavy (non-hydrogen) atoms. The van der Waals surface area contributed by atoms with Crippen LogP contribution in [0.3, 0.4) is 0 Å². The van der Waals surface area contributed by atoms with Crippen LogP contribution in [0.15, 0.2) is 23.1 Å². The lowest BCUT2D eigenvalue weighted by Crippen LogP contribution is -2.35. The van der Waals surface area contributed by atoms with E-state index in [2.05, 4.69) is 4.72 Å². The van der Waals surface area contributed by atoms with Gasteiger partial charge in [0.1, 0.15) is 11.9 Å². The maximum absolute atomic E-state index is 13.0. The predicted octanol–water partition coefficient (Wildman–Crippen LogP) is 0.356. The van der Waals surface area contributed by atoms with Crippen molar-refractivity contribution in [1.82, 2.24) is 4.72 Å². The van der Waals surface area contributed by atoms with E-state index in [4.69, 9.17) is 10.4 Å². The molecule has 0 aromatic heterocycles. The molecule has 0 bridgehead atoms. The van der Waals surface area contributed by atoms with Gasteiger partial charge in [0.25, 0.3) is 0 Å². The van der Waals surface area contributed by atoms with Crippen molar-refractivity contribution in [3.63, 3.8) is 0 Å². The van der Waals surface area contributed by atoms with Gasteiger partial charge in [0, 0.05) is 6.04 Å². The van der Waals surface area contributed by atoms with E-state index in [9.17, 15) is 12.8 Å². The van der Waals surface area contributed by atoms with Crippen LogP contribution >= 0.6 is 0 Å². The molecule has 0 heterocycles. The Balaban J connectivity index is 3.13. The molecule has 0 fully saturated rings. The van der Waals surface area contributed by atoms with Crippen LogP contribution in [-0.2, 0) is 10.0 Å². The van der Waals surface area contributed by atoms with Crippen molar-refractivity contribution in [2.45, 2.75) is 17.9 Å². The van der Waals surface area contributed by atoms with Crippen molar-refractivity contribution < 1.29 is 17.9 Å². The molecule has 1 aromatic rings. The van der Waals surface area contributed by atoms with E-state index < -0.39 is 21.9 Å². The first kappa shape index (κ1) is 13.6. The van der Waals surface area contributed by atoms with Gasteiger partial charge < -0.3 is 5.11 Å². The summed E-state index contributed by atoms with van der Waals surface area (Å²) < 4.78 is 38.6. The highest BCUT2D eigenvalue weighted by Gasteiger charge is 2.18. The second-order valence-electron chi connectivity index (χ2n) is 3.46. The third-order valence-corrected chi connectivity index (χ3v) is 3.59. The number of sulfonamides is 1. The number of aliphatic hydroxyl groups excluding tert-OH is 1. The summed E-state index contributed by atoms with van der Waals surface area (Å²) in [7, 11) is -3.85. The molecule has 0 saturated heterocycles. The summed E-state index contributed by atoms with van der Waals surface area (Å²) in [5.74, 6) is -0.776. The van der Waals surface area contributed by atoms with E-state index in [0.29, 0.717) is 0 Å². The fourth-order valence-electron chi connectivity index (χ4n) is 1.13. The first-order chi connectivity index (χ1) is 7.90. The van der Waals surface area contributed by atoms with Crippen LogP contribution in [0.5, 0.6) is 0 Å². The van der Waals surface area contributed by atoms with Crippen molar-refractivity contribution in [1.29, 1.82) is 5.26 Å². The normalized spacial score (nSPS) is 13.1. The molecule has 0 aliphatic carbocycles. The highest BCUT2D eigenvalue weighted by molar-refractivity contribution is 7.89. The third kappa shape index (κ3) is 3.23. The van der Waals surface area contributed by atoms with E-state index in [-0.39, 0.29) is 17.1 Å². The maximum Gasteiger partial charge on any atom is 0.240 e. The Morgan fingerprint density at radius 1 is 1.59 bits per heavy atom. The minimum absolute atomic E-state index is 0.212. The number of nitriles is 1. The lowest BCUT2D eigenvalue weighted by molar-refractivity contribution is 0.265. The molecule has 7 heteroatoms. The maximum atomic E-state index is 13.0. The fraction of sp³-hybridized carbons (Fsp3) is 0.300. The zero-order valence-electron chi connectivity index (χ0n) is 9.01. The molecule has 1 aromatic carbocycles. The lowest BCUT2D eigenvalue weighted by Gasteiger charge is -2.11. The van der Waals surface area contributed by atoms with E-state index >= 15 is 0 Å². The van der Waals surface area contributed by atoms with E-state index in [1.54, 1.807) is 6.07 Å². The van der Waals surface area contributed by atoms with Gasteiger partial charge in [-0.2, -0.15) is 5.26 Å². The molecular formula is C10H11FN2O3S.